The second-order valence-electron chi connectivity index (χ2n) is 6.10. The molecule has 3 heterocycles. The molecule has 0 aliphatic carbocycles. The van der Waals surface area contributed by atoms with E-state index in [1.54, 1.807) is 41.0 Å². The van der Waals surface area contributed by atoms with Gasteiger partial charge in [0.1, 0.15) is 13.2 Å². The number of amides is 2. The minimum absolute atomic E-state index is 0.0853. The fourth-order valence-corrected chi connectivity index (χ4v) is 3.04. The number of carbonyl (C=O) groups is 2. The summed E-state index contributed by atoms with van der Waals surface area (Å²) in [5.74, 6) is 1.08. The molecule has 2 aliphatic rings. The van der Waals surface area contributed by atoms with Crippen LogP contribution >= 0.6 is 0 Å². The third kappa shape index (κ3) is 3.02. The van der Waals surface area contributed by atoms with Crippen molar-refractivity contribution in [3.05, 3.63) is 30.5 Å². The zero-order valence-corrected chi connectivity index (χ0v) is 13.8. The highest BCUT2D eigenvalue weighted by atomic mass is 16.6. The highest BCUT2D eigenvalue weighted by Gasteiger charge is 2.35. The zero-order valence-electron chi connectivity index (χ0n) is 13.8. The molecule has 2 aromatic rings. The first-order valence-electron chi connectivity index (χ1n) is 8.11. The molecule has 1 aromatic heterocycles. The van der Waals surface area contributed by atoms with Crippen LogP contribution in [0.3, 0.4) is 0 Å². The lowest BCUT2D eigenvalue weighted by molar-refractivity contribution is -0.122. The Hall–Kier alpha value is -3.03. The molecule has 0 unspecified atom stereocenters. The Morgan fingerprint density at radius 1 is 1.24 bits per heavy atom. The normalized spacial score (nSPS) is 19.2. The van der Waals surface area contributed by atoms with E-state index >= 15 is 0 Å². The quantitative estimate of drug-likeness (QED) is 0.905. The fourth-order valence-electron chi connectivity index (χ4n) is 3.04. The molecular weight excluding hydrogens is 324 g/mol. The van der Waals surface area contributed by atoms with E-state index in [-0.39, 0.29) is 18.2 Å². The molecule has 2 aliphatic heterocycles. The lowest BCUT2D eigenvalue weighted by atomic mass is 10.1. The SMILES string of the molecule is Cn1ccc(NC(=O)[C@@H]2CC(=O)N(c3ccc4c(c3)OCCO4)C2)n1. The monoisotopic (exact) mass is 342 g/mol. The van der Waals surface area contributed by atoms with Crippen LogP contribution in [0.2, 0.25) is 0 Å². The third-order valence-corrected chi connectivity index (χ3v) is 4.30. The van der Waals surface area contributed by atoms with Crippen molar-refractivity contribution in [3.63, 3.8) is 0 Å². The minimum Gasteiger partial charge on any atom is -0.486 e. The van der Waals surface area contributed by atoms with Gasteiger partial charge in [0.25, 0.3) is 0 Å². The minimum atomic E-state index is -0.414. The summed E-state index contributed by atoms with van der Waals surface area (Å²) in [6.45, 7) is 1.33. The van der Waals surface area contributed by atoms with Crippen LogP contribution in [0.15, 0.2) is 30.5 Å². The van der Waals surface area contributed by atoms with Gasteiger partial charge in [-0.3, -0.25) is 14.3 Å². The number of carbonyl (C=O) groups excluding carboxylic acids is 2. The van der Waals surface area contributed by atoms with Crippen LogP contribution in [-0.4, -0.2) is 41.4 Å². The van der Waals surface area contributed by atoms with Crippen LogP contribution < -0.4 is 19.7 Å². The molecule has 0 saturated carbocycles. The van der Waals surface area contributed by atoms with E-state index in [1.165, 1.54) is 0 Å². The molecule has 1 saturated heterocycles. The van der Waals surface area contributed by atoms with Gasteiger partial charge in [0, 0.05) is 44.0 Å². The number of rotatable bonds is 3. The van der Waals surface area contributed by atoms with Crippen molar-refractivity contribution in [2.45, 2.75) is 6.42 Å². The van der Waals surface area contributed by atoms with Gasteiger partial charge in [-0.2, -0.15) is 5.10 Å². The van der Waals surface area contributed by atoms with E-state index in [1.807, 2.05) is 6.07 Å². The predicted molar refractivity (Wildman–Crippen MR) is 89.7 cm³/mol. The van der Waals surface area contributed by atoms with E-state index in [0.29, 0.717) is 42.8 Å². The molecule has 4 rings (SSSR count). The predicted octanol–water partition coefficient (Wildman–Crippen LogP) is 1.18. The number of anilines is 2. The molecule has 1 N–H and O–H groups in total. The first-order chi connectivity index (χ1) is 12.1. The first kappa shape index (κ1) is 15.5. The van der Waals surface area contributed by atoms with Crippen LogP contribution in [0.4, 0.5) is 11.5 Å². The Kier molecular flexibility index (Phi) is 3.79. The summed E-state index contributed by atoms with van der Waals surface area (Å²) in [6.07, 6.45) is 1.92. The molecular formula is C17H18N4O4. The second kappa shape index (κ2) is 6.12. The standard InChI is InChI=1S/C17H18N4O4/c1-20-5-4-15(19-20)18-17(23)11-8-16(22)21(10-11)12-2-3-13-14(9-12)25-7-6-24-13/h2-5,9,11H,6-8,10H2,1H3,(H,18,19,23)/t11-/m1/s1. The summed E-state index contributed by atoms with van der Waals surface area (Å²) >= 11 is 0. The van der Waals surface area contributed by atoms with E-state index in [9.17, 15) is 9.59 Å². The van der Waals surface area contributed by atoms with E-state index in [2.05, 4.69) is 10.4 Å². The van der Waals surface area contributed by atoms with Crippen molar-refractivity contribution in [3.8, 4) is 11.5 Å². The molecule has 0 bridgehead atoms. The van der Waals surface area contributed by atoms with Gasteiger partial charge in [-0.15, -0.1) is 0 Å². The van der Waals surface area contributed by atoms with Crippen molar-refractivity contribution in [2.24, 2.45) is 13.0 Å². The molecule has 1 atom stereocenters. The van der Waals surface area contributed by atoms with Gasteiger partial charge >= 0.3 is 0 Å². The van der Waals surface area contributed by atoms with Crippen LogP contribution in [0.25, 0.3) is 0 Å². The largest absolute Gasteiger partial charge is 0.486 e. The molecule has 0 radical (unpaired) electrons. The maximum atomic E-state index is 12.4. The highest BCUT2D eigenvalue weighted by Crippen LogP contribution is 2.36. The number of fused-ring (bicyclic) bond motifs is 1. The molecule has 1 fully saturated rings. The fraction of sp³-hybridized carbons (Fsp3) is 0.353. The molecule has 0 spiro atoms. The van der Waals surface area contributed by atoms with Crippen LogP contribution in [0, 0.1) is 5.92 Å². The molecule has 1 aromatic carbocycles. The van der Waals surface area contributed by atoms with Crippen molar-refractivity contribution >= 4 is 23.3 Å². The molecule has 8 heteroatoms. The molecule has 130 valence electrons. The van der Waals surface area contributed by atoms with Crippen LogP contribution in [0.5, 0.6) is 11.5 Å². The van der Waals surface area contributed by atoms with Crippen molar-refractivity contribution in [2.75, 3.05) is 30.0 Å². The number of nitrogens with zero attached hydrogens (tertiary/aromatic N) is 3. The van der Waals surface area contributed by atoms with Gasteiger partial charge < -0.3 is 19.7 Å². The van der Waals surface area contributed by atoms with Gasteiger partial charge in [-0.1, -0.05) is 0 Å². The Labute approximate surface area is 144 Å². The number of nitrogens with one attached hydrogen (secondary N) is 1. The van der Waals surface area contributed by atoms with Crippen LogP contribution in [-0.2, 0) is 16.6 Å². The number of hydrogen-bond donors (Lipinski definition) is 1. The number of benzene rings is 1. The van der Waals surface area contributed by atoms with E-state index < -0.39 is 5.92 Å². The lowest BCUT2D eigenvalue weighted by Gasteiger charge is -2.22. The van der Waals surface area contributed by atoms with Gasteiger partial charge in [-0.25, -0.2) is 0 Å². The zero-order chi connectivity index (χ0) is 17.4. The first-order valence-corrected chi connectivity index (χ1v) is 8.11. The second-order valence-corrected chi connectivity index (χ2v) is 6.10. The Balaban J connectivity index is 1.47. The highest BCUT2D eigenvalue weighted by molar-refractivity contribution is 6.03. The summed E-state index contributed by atoms with van der Waals surface area (Å²) in [4.78, 5) is 26.4. The molecule has 25 heavy (non-hydrogen) atoms. The summed E-state index contributed by atoms with van der Waals surface area (Å²) < 4.78 is 12.7. The maximum Gasteiger partial charge on any atom is 0.231 e. The molecule has 8 nitrogen and oxygen atoms in total. The Bertz CT molecular complexity index is 832. The number of aromatic nitrogens is 2. The number of ether oxygens (including phenoxy) is 2. The van der Waals surface area contributed by atoms with Gasteiger partial charge in [0.15, 0.2) is 17.3 Å². The Morgan fingerprint density at radius 3 is 2.80 bits per heavy atom. The Morgan fingerprint density at radius 2 is 2.04 bits per heavy atom. The average Bonchev–Trinajstić information content (AvgIpc) is 3.20. The summed E-state index contributed by atoms with van der Waals surface area (Å²) in [6, 6.07) is 7.10. The van der Waals surface area contributed by atoms with Gasteiger partial charge in [0.2, 0.25) is 11.8 Å². The number of hydrogen-bond acceptors (Lipinski definition) is 5. The van der Waals surface area contributed by atoms with Crippen molar-refractivity contribution in [1.82, 2.24) is 9.78 Å². The summed E-state index contributed by atoms with van der Waals surface area (Å²) in [5.41, 5.74) is 0.711. The van der Waals surface area contributed by atoms with Gasteiger partial charge in [0.05, 0.1) is 5.92 Å². The molecule has 2 amide bonds. The van der Waals surface area contributed by atoms with Crippen molar-refractivity contribution < 1.29 is 19.1 Å². The van der Waals surface area contributed by atoms with Crippen molar-refractivity contribution in [1.29, 1.82) is 0 Å². The maximum absolute atomic E-state index is 12.4. The van der Waals surface area contributed by atoms with E-state index in [4.69, 9.17) is 9.47 Å². The van der Waals surface area contributed by atoms with Crippen LogP contribution in [0.1, 0.15) is 6.42 Å². The average molecular weight is 342 g/mol. The topological polar surface area (TPSA) is 85.7 Å². The summed E-state index contributed by atoms with van der Waals surface area (Å²) in [5, 5.41) is 6.87. The lowest BCUT2D eigenvalue weighted by Crippen LogP contribution is -2.28. The smallest absolute Gasteiger partial charge is 0.231 e. The van der Waals surface area contributed by atoms with E-state index in [0.717, 1.165) is 0 Å². The number of aryl methyl sites for hydroxylation is 1. The van der Waals surface area contributed by atoms with Gasteiger partial charge in [-0.05, 0) is 12.1 Å². The third-order valence-electron chi connectivity index (χ3n) is 4.30. The summed E-state index contributed by atoms with van der Waals surface area (Å²) in [7, 11) is 1.78.